The molecule has 1 amide bonds. The first-order valence-corrected chi connectivity index (χ1v) is 8.02. The monoisotopic (exact) mass is 330 g/mol. The van der Waals surface area contributed by atoms with Crippen LogP contribution in [0.1, 0.15) is 0 Å². The van der Waals surface area contributed by atoms with Gasteiger partial charge < -0.3 is 15.4 Å². The van der Waals surface area contributed by atoms with Crippen molar-refractivity contribution in [2.24, 2.45) is 0 Å². The molecule has 0 saturated carbocycles. The SMILES string of the molecule is O=C(Nc1ccc(-c2nn3cnnc3s2)cc1)[C@@H]1CNCCO1. The van der Waals surface area contributed by atoms with E-state index in [0.29, 0.717) is 13.2 Å². The summed E-state index contributed by atoms with van der Waals surface area (Å²) in [7, 11) is 0. The zero-order valence-corrected chi connectivity index (χ0v) is 12.9. The molecule has 1 saturated heterocycles. The van der Waals surface area contributed by atoms with Crippen molar-refractivity contribution in [2.75, 3.05) is 25.0 Å². The van der Waals surface area contributed by atoms with Crippen molar-refractivity contribution in [3.63, 3.8) is 0 Å². The molecule has 0 radical (unpaired) electrons. The second-order valence-electron chi connectivity index (χ2n) is 5.10. The average molecular weight is 330 g/mol. The van der Waals surface area contributed by atoms with E-state index in [0.717, 1.165) is 27.8 Å². The summed E-state index contributed by atoms with van der Waals surface area (Å²) in [5.41, 5.74) is 1.70. The Kier molecular flexibility index (Phi) is 3.74. The highest BCUT2D eigenvalue weighted by Crippen LogP contribution is 2.25. The van der Waals surface area contributed by atoms with E-state index in [4.69, 9.17) is 4.74 Å². The van der Waals surface area contributed by atoms with Crippen molar-refractivity contribution in [3.05, 3.63) is 30.6 Å². The Labute approximate surface area is 135 Å². The minimum Gasteiger partial charge on any atom is -0.366 e. The number of carbonyl (C=O) groups excluding carboxylic acids is 1. The minimum absolute atomic E-state index is 0.135. The first kappa shape index (κ1) is 14.2. The van der Waals surface area contributed by atoms with Crippen LogP contribution >= 0.6 is 11.3 Å². The molecule has 9 heteroatoms. The molecule has 118 valence electrons. The summed E-state index contributed by atoms with van der Waals surface area (Å²) in [5, 5.41) is 19.0. The molecule has 2 N–H and O–H groups in total. The Morgan fingerprint density at radius 2 is 2.26 bits per heavy atom. The number of amides is 1. The molecule has 0 spiro atoms. The number of anilines is 1. The number of morpholine rings is 1. The van der Waals surface area contributed by atoms with Gasteiger partial charge in [0.25, 0.3) is 5.91 Å². The van der Waals surface area contributed by atoms with Gasteiger partial charge in [0.15, 0.2) is 0 Å². The van der Waals surface area contributed by atoms with Gasteiger partial charge in [-0.2, -0.15) is 9.61 Å². The molecule has 0 unspecified atom stereocenters. The predicted octanol–water partition coefficient (Wildman–Crippen LogP) is 0.780. The van der Waals surface area contributed by atoms with Gasteiger partial charge in [-0.15, -0.1) is 10.2 Å². The van der Waals surface area contributed by atoms with E-state index < -0.39 is 6.10 Å². The lowest BCUT2D eigenvalue weighted by atomic mass is 10.2. The van der Waals surface area contributed by atoms with Crippen molar-refractivity contribution in [2.45, 2.75) is 6.10 Å². The maximum absolute atomic E-state index is 12.1. The number of carbonyl (C=O) groups is 1. The lowest BCUT2D eigenvalue weighted by Crippen LogP contribution is -2.45. The Bertz CT molecular complexity index is 793. The van der Waals surface area contributed by atoms with Crippen LogP contribution in [-0.2, 0) is 9.53 Å². The molecule has 3 aromatic rings. The Morgan fingerprint density at radius 3 is 3.00 bits per heavy atom. The molecule has 3 heterocycles. The summed E-state index contributed by atoms with van der Waals surface area (Å²) >= 11 is 1.46. The smallest absolute Gasteiger partial charge is 0.254 e. The Balaban J connectivity index is 1.47. The highest BCUT2D eigenvalue weighted by molar-refractivity contribution is 7.19. The zero-order valence-electron chi connectivity index (χ0n) is 12.1. The van der Waals surface area contributed by atoms with Crippen molar-refractivity contribution >= 4 is 27.9 Å². The molecular weight excluding hydrogens is 316 g/mol. The van der Waals surface area contributed by atoms with Crippen LogP contribution in [0.5, 0.6) is 0 Å². The maximum Gasteiger partial charge on any atom is 0.254 e. The van der Waals surface area contributed by atoms with Crippen LogP contribution in [0, 0.1) is 0 Å². The standard InChI is InChI=1S/C14H14N6O2S/c21-12(11-7-15-5-6-22-11)17-10-3-1-9(2-4-10)13-19-20-8-16-18-14(20)23-13/h1-4,8,11,15H,5-7H2,(H,17,21)/t11-/m0/s1. The molecule has 1 atom stereocenters. The van der Waals surface area contributed by atoms with E-state index >= 15 is 0 Å². The second-order valence-corrected chi connectivity index (χ2v) is 6.05. The molecule has 23 heavy (non-hydrogen) atoms. The van der Waals surface area contributed by atoms with E-state index in [9.17, 15) is 4.79 Å². The van der Waals surface area contributed by atoms with Gasteiger partial charge >= 0.3 is 0 Å². The molecule has 2 aromatic heterocycles. The van der Waals surface area contributed by atoms with Gasteiger partial charge in [0.2, 0.25) is 4.96 Å². The van der Waals surface area contributed by atoms with Gasteiger partial charge in [-0.3, -0.25) is 4.79 Å². The molecule has 1 aromatic carbocycles. The fourth-order valence-electron chi connectivity index (χ4n) is 2.33. The predicted molar refractivity (Wildman–Crippen MR) is 85.3 cm³/mol. The van der Waals surface area contributed by atoms with Crippen LogP contribution in [0.15, 0.2) is 30.6 Å². The lowest BCUT2D eigenvalue weighted by molar-refractivity contribution is -0.128. The van der Waals surface area contributed by atoms with Crippen LogP contribution in [0.25, 0.3) is 15.5 Å². The van der Waals surface area contributed by atoms with Gasteiger partial charge in [-0.25, -0.2) is 0 Å². The number of hydrogen-bond donors (Lipinski definition) is 2. The Hall–Kier alpha value is -2.36. The van der Waals surface area contributed by atoms with Crippen molar-refractivity contribution in [3.8, 4) is 10.6 Å². The average Bonchev–Trinajstić information content (AvgIpc) is 3.18. The largest absolute Gasteiger partial charge is 0.366 e. The summed E-state index contributed by atoms with van der Waals surface area (Å²) in [6.45, 7) is 1.87. The van der Waals surface area contributed by atoms with E-state index in [-0.39, 0.29) is 5.91 Å². The molecule has 1 aliphatic rings. The molecule has 0 bridgehead atoms. The van der Waals surface area contributed by atoms with E-state index in [2.05, 4.69) is 25.9 Å². The number of fused-ring (bicyclic) bond motifs is 1. The molecule has 8 nitrogen and oxygen atoms in total. The van der Waals surface area contributed by atoms with E-state index in [1.165, 1.54) is 11.3 Å². The highest BCUT2D eigenvalue weighted by Gasteiger charge is 2.21. The molecule has 1 aliphatic heterocycles. The lowest BCUT2D eigenvalue weighted by Gasteiger charge is -2.22. The van der Waals surface area contributed by atoms with Crippen molar-refractivity contribution in [1.82, 2.24) is 25.1 Å². The van der Waals surface area contributed by atoms with Crippen LogP contribution in [-0.4, -0.2) is 51.5 Å². The quantitative estimate of drug-likeness (QED) is 0.737. The number of benzene rings is 1. The maximum atomic E-state index is 12.1. The van der Waals surface area contributed by atoms with E-state index in [1.54, 1.807) is 10.8 Å². The number of nitrogens with zero attached hydrogens (tertiary/aromatic N) is 4. The third kappa shape index (κ3) is 2.93. The van der Waals surface area contributed by atoms with Crippen LogP contribution in [0.3, 0.4) is 0 Å². The van der Waals surface area contributed by atoms with Gasteiger partial charge in [0.1, 0.15) is 17.4 Å². The second kappa shape index (κ2) is 6.03. The van der Waals surface area contributed by atoms with Crippen LogP contribution in [0.2, 0.25) is 0 Å². The third-order valence-corrected chi connectivity index (χ3v) is 4.47. The number of ether oxygens (including phenoxy) is 1. The molecule has 1 fully saturated rings. The third-order valence-electron chi connectivity index (χ3n) is 3.51. The van der Waals surface area contributed by atoms with Gasteiger partial charge in [0.05, 0.1) is 6.61 Å². The molecule has 4 rings (SSSR count). The first-order chi connectivity index (χ1) is 11.3. The summed E-state index contributed by atoms with van der Waals surface area (Å²) < 4.78 is 7.07. The number of aromatic nitrogens is 4. The van der Waals surface area contributed by atoms with Crippen LogP contribution < -0.4 is 10.6 Å². The van der Waals surface area contributed by atoms with E-state index in [1.807, 2.05) is 24.3 Å². The van der Waals surface area contributed by atoms with Crippen LogP contribution in [0.4, 0.5) is 5.69 Å². The fraction of sp³-hybridized carbons (Fsp3) is 0.286. The summed E-state index contributed by atoms with van der Waals surface area (Å²) in [4.78, 5) is 12.8. The summed E-state index contributed by atoms with van der Waals surface area (Å²) in [6, 6.07) is 7.54. The fourth-order valence-corrected chi connectivity index (χ4v) is 3.15. The molecular formula is C14H14N6O2S. The number of hydrogen-bond acceptors (Lipinski definition) is 7. The normalized spacial score (nSPS) is 18.2. The Morgan fingerprint density at radius 1 is 1.39 bits per heavy atom. The van der Waals surface area contributed by atoms with Gasteiger partial charge in [-0.1, -0.05) is 11.3 Å². The van der Waals surface area contributed by atoms with Gasteiger partial charge in [-0.05, 0) is 24.3 Å². The summed E-state index contributed by atoms with van der Waals surface area (Å²) in [5.74, 6) is -0.135. The van der Waals surface area contributed by atoms with Crippen molar-refractivity contribution < 1.29 is 9.53 Å². The number of rotatable bonds is 3. The zero-order chi connectivity index (χ0) is 15.6. The highest BCUT2D eigenvalue weighted by atomic mass is 32.1. The van der Waals surface area contributed by atoms with Crippen molar-refractivity contribution in [1.29, 1.82) is 0 Å². The number of nitrogens with one attached hydrogen (secondary N) is 2. The first-order valence-electron chi connectivity index (χ1n) is 7.20. The molecule has 0 aliphatic carbocycles. The topological polar surface area (TPSA) is 93.4 Å². The summed E-state index contributed by atoms with van der Waals surface area (Å²) in [6.07, 6.45) is 1.13. The van der Waals surface area contributed by atoms with Gasteiger partial charge in [0, 0.05) is 24.3 Å². The minimum atomic E-state index is -0.442.